The highest BCUT2D eigenvalue weighted by Gasteiger charge is 2.13. The summed E-state index contributed by atoms with van der Waals surface area (Å²) in [5.74, 6) is 0.281. The lowest BCUT2D eigenvalue weighted by Crippen LogP contribution is -2.13. The van der Waals surface area contributed by atoms with Crippen LogP contribution in [0.25, 0.3) is 0 Å². The Kier molecular flexibility index (Phi) is 4.56. The van der Waals surface area contributed by atoms with Gasteiger partial charge in [0, 0.05) is 0 Å². The monoisotopic (exact) mass is 322 g/mol. The number of carbonyl (C=O) groups is 1. The van der Waals surface area contributed by atoms with Gasteiger partial charge in [0.25, 0.3) is 5.91 Å². The topological polar surface area (TPSA) is 69.0 Å². The van der Waals surface area contributed by atoms with Crippen molar-refractivity contribution in [3.63, 3.8) is 0 Å². The molecule has 0 radical (unpaired) electrons. The lowest BCUT2D eigenvalue weighted by molar-refractivity contribution is 0.102. The second-order valence-electron chi connectivity index (χ2n) is 5.44. The average Bonchev–Trinajstić information content (AvgIpc) is 3.05. The quantitative estimate of drug-likeness (QED) is 0.784. The van der Waals surface area contributed by atoms with Gasteiger partial charge in [0.2, 0.25) is 0 Å². The smallest absolute Gasteiger partial charge is 0.277 e. The summed E-state index contributed by atoms with van der Waals surface area (Å²) >= 11 is 0. The van der Waals surface area contributed by atoms with Crippen LogP contribution in [0, 0.1) is 6.92 Å². The maximum atomic E-state index is 12.4. The zero-order valence-electron chi connectivity index (χ0n) is 13.6. The first-order valence-electron chi connectivity index (χ1n) is 7.56. The van der Waals surface area contributed by atoms with E-state index < -0.39 is 0 Å². The van der Waals surface area contributed by atoms with Gasteiger partial charge in [-0.3, -0.25) is 4.79 Å². The van der Waals surface area contributed by atoms with E-state index in [0.29, 0.717) is 18.0 Å². The highest BCUT2D eigenvalue weighted by Crippen LogP contribution is 2.25. The van der Waals surface area contributed by atoms with Crippen LogP contribution in [0.1, 0.15) is 21.6 Å². The molecule has 1 amide bonds. The first-order chi connectivity index (χ1) is 11.7. The number of amides is 1. The highest BCUT2D eigenvalue weighted by atomic mass is 16.5. The molecule has 1 aromatic heterocycles. The van der Waals surface area contributed by atoms with Crippen LogP contribution in [0.4, 0.5) is 5.69 Å². The van der Waals surface area contributed by atoms with E-state index in [0.717, 1.165) is 11.1 Å². The molecule has 0 saturated heterocycles. The van der Waals surface area contributed by atoms with Gasteiger partial charge in [-0.05, 0) is 30.2 Å². The number of aryl methyl sites for hydroxylation is 1. The number of aromatic nitrogens is 3. The second kappa shape index (κ2) is 6.95. The number of hydrogen-bond acceptors (Lipinski definition) is 4. The molecule has 1 heterocycles. The van der Waals surface area contributed by atoms with Crippen LogP contribution in [0.15, 0.2) is 54.7 Å². The summed E-state index contributed by atoms with van der Waals surface area (Å²) in [4.78, 5) is 12.4. The van der Waals surface area contributed by atoms with E-state index in [1.807, 2.05) is 55.5 Å². The molecule has 6 heteroatoms. The molecule has 122 valence electrons. The lowest BCUT2D eigenvalue weighted by atomic mass is 10.2. The summed E-state index contributed by atoms with van der Waals surface area (Å²) in [5, 5.41) is 10.8. The number of nitrogens with one attached hydrogen (secondary N) is 1. The Morgan fingerprint density at radius 1 is 1.21 bits per heavy atom. The zero-order valence-corrected chi connectivity index (χ0v) is 13.6. The normalized spacial score (nSPS) is 10.4. The number of ether oxygens (including phenoxy) is 1. The minimum atomic E-state index is -0.321. The summed E-state index contributed by atoms with van der Waals surface area (Å²) < 4.78 is 6.90. The van der Waals surface area contributed by atoms with E-state index in [1.54, 1.807) is 18.0 Å². The number of rotatable bonds is 5. The largest absolute Gasteiger partial charge is 0.495 e. The first kappa shape index (κ1) is 15.7. The van der Waals surface area contributed by atoms with Crippen molar-refractivity contribution in [2.24, 2.45) is 0 Å². The summed E-state index contributed by atoms with van der Waals surface area (Å²) in [7, 11) is 1.57. The second-order valence-corrected chi connectivity index (χ2v) is 5.44. The molecule has 0 spiro atoms. The maximum Gasteiger partial charge on any atom is 0.277 e. The first-order valence-corrected chi connectivity index (χ1v) is 7.56. The van der Waals surface area contributed by atoms with E-state index in [4.69, 9.17) is 4.74 Å². The Morgan fingerprint density at radius 3 is 2.75 bits per heavy atom. The molecule has 0 aliphatic rings. The van der Waals surface area contributed by atoms with E-state index >= 15 is 0 Å². The van der Waals surface area contributed by atoms with Gasteiger partial charge in [0.05, 0.1) is 25.5 Å². The number of hydrogen-bond donors (Lipinski definition) is 1. The minimum absolute atomic E-state index is 0.259. The molecule has 0 bridgehead atoms. The summed E-state index contributed by atoms with van der Waals surface area (Å²) in [6.07, 6.45) is 1.63. The molecule has 0 saturated carbocycles. The highest BCUT2D eigenvalue weighted by molar-refractivity contribution is 6.03. The molecule has 0 aliphatic carbocycles. The van der Waals surface area contributed by atoms with Gasteiger partial charge in [-0.2, -0.15) is 0 Å². The summed E-state index contributed by atoms with van der Waals surface area (Å²) in [6.45, 7) is 2.51. The van der Waals surface area contributed by atoms with Gasteiger partial charge in [0.1, 0.15) is 5.75 Å². The van der Waals surface area contributed by atoms with Gasteiger partial charge in [-0.1, -0.05) is 41.6 Å². The van der Waals surface area contributed by atoms with Gasteiger partial charge in [0.15, 0.2) is 5.69 Å². The number of nitrogens with zero attached hydrogens (tertiary/aromatic N) is 3. The lowest BCUT2D eigenvalue weighted by Gasteiger charge is -2.09. The maximum absolute atomic E-state index is 12.4. The van der Waals surface area contributed by atoms with E-state index in [-0.39, 0.29) is 11.6 Å². The third-order valence-corrected chi connectivity index (χ3v) is 3.56. The molecule has 0 atom stereocenters. The molecule has 3 aromatic rings. The molecule has 6 nitrogen and oxygen atoms in total. The van der Waals surface area contributed by atoms with E-state index in [1.165, 1.54) is 0 Å². The Morgan fingerprint density at radius 2 is 2.00 bits per heavy atom. The van der Waals surface area contributed by atoms with Gasteiger partial charge >= 0.3 is 0 Å². The molecule has 24 heavy (non-hydrogen) atoms. The number of anilines is 1. The molecule has 1 N–H and O–H groups in total. The van der Waals surface area contributed by atoms with Crippen molar-refractivity contribution in [3.8, 4) is 5.75 Å². The summed E-state index contributed by atoms with van der Waals surface area (Å²) in [6, 6.07) is 15.5. The molecular weight excluding hydrogens is 304 g/mol. The molecular formula is C18H18N4O2. The van der Waals surface area contributed by atoms with Crippen molar-refractivity contribution in [1.29, 1.82) is 0 Å². The number of benzene rings is 2. The predicted molar refractivity (Wildman–Crippen MR) is 91.3 cm³/mol. The molecule has 2 aromatic carbocycles. The molecule has 0 fully saturated rings. The van der Waals surface area contributed by atoms with Crippen LogP contribution in [-0.4, -0.2) is 28.0 Å². The third kappa shape index (κ3) is 3.60. The van der Waals surface area contributed by atoms with Gasteiger partial charge < -0.3 is 10.1 Å². The van der Waals surface area contributed by atoms with Crippen molar-refractivity contribution < 1.29 is 9.53 Å². The van der Waals surface area contributed by atoms with Crippen molar-refractivity contribution in [2.75, 3.05) is 12.4 Å². The van der Waals surface area contributed by atoms with Crippen LogP contribution in [0.5, 0.6) is 5.75 Å². The standard InChI is InChI=1S/C18H18N4O2/c1-13-8-9-17(24-2)15(10-13)19-18(23)16-12-22(21-20-16)11-14-6-4-3-5-7-14/h3-10,12H,11H2,1-2H3,(H,19,23). The van der Waals surface area contributed by atoms with Crippen LogP contribution >= 0.6 is 0 Å². The Balaban J connectivity index is 1.73. The Labute approximate surface area is 140 Å². The molecule has 0 unspecified atom stereocenters. The van der Waals surface area contributed by atoms with Crippen molar-refractivity contribution in [2.45, 2.75) is 13.5 Å². The third-order valence-electron chi connectivity index (χ3n) is 3.56. The van der Waals surface area contributed by atoms with E-state index in [2.05, 4.69) is 15.6 Å². The summed E-state index contributed by atoms with van der Waals surface area (Å²) in [5.41, 5.74) is 2.99. The van der Waals surface area contributed by atoms with Crippen molar-refractivity contribution in [3.05, 3.63) is 71.5 Å². The van der Waals surface area contributed by atoms with E-state index in [9.17, 15) is 4.79 Å². The van der Waals surface area contributed by atoms with Gasteiger partial charge in [-0.25, -0.2) is 4.68 Å². The van der Waals surface area contributed by atoms with Crippen LogP contribution in [0.2, 0.25) is 0 Å². The van der Waals surface area contributed by atoms with Crippen LogP contribution in [0.3, 0.4) is 0 Å². The SMILES string of the molecule is COc1ccc(C)cc1NC(=O)c1cn(Cc2ccccc2)nn1. The predicted octanol–water partition coefficient (Wildman–Crippen LogP) is 2.90. The average molecular weight is 322 g/mol. The fourth-order valence-electron chi connectivity index (χ4n) is 2.36. The van der Waals surface area contributed by atoms with Crippen LogP contribution in [-0.2, 0) is 6.54 Å². The number of carbonyl (C=O) groups excluding carboxylic acids is 1. The Bertz CT molecular complexity index is 843. The minimum Gasteiger partial charge on any atom is -0.495 e. The fourth-order valence-corrected chi connectivity index (χ4v) is 2.36. The molecule has 3 rings (SSSR count). The van der Waals surface area contributed by atoms with Crippen molar-refractivity contribution >= 4 is 11.6 Å². The van der Waals surface area contributed by atoms with Crippen LogP contribution < -0.4 is 10.1 Å². The van der Waals surface area contributed by atoms with Gasteiger partial charge in [-0.15, -0.1) is 5.10 Å². The Hall–Kier alpha value is -3.15. The van der Waals surface area contributed by atoms with Crippen molar-refractivity contribution in [1.82, 2.24) is 15.0 Å². The fraction of sp³-hybridized carbons (Fsp3) is 0.167. The zero-order chi connectivity index (χ0) is 16.9. The number of methoxy groups -OCH3 is 1. The molecule has 0 aliphatic heterocycles.